The summed E-state index contributed by atoms with van der Waals surface area (Å²) in [7, 11) is -1.00. The average molecular weight is 365 g/mol. The zero-order chi connectivity index (χ0) is 18.4. The number of carboxylic acids is 1. The van der Waals surface area contributed by atoms with Crippen LogP contribution in [0, 0.1) is 0 Å². The molecule has 0 aliphatic carbocycles. The third kappa shape index (κ3) is 12.0. The summed E-state index contributed by atoms with van der Waals surface area (Å²) in [5.41, 5.74) is 0. The van der Waals surface area contributed by atoms with Crippen LogP contribution in [-0.2, 0) is 19.0 Å². The average Bonchev–Trinajstić information content (AvgIpc) is 3.38. The standard InChI is InChI=1S/C15H32O4Si.C2H4O2/c1-4-20(5-2,6-3)9-7-8-17-11-14(10-16)18-12-15-13-19-15;1-2(3)4/h14-16H,4-13H2,1-3H3;1H3,(H,3,4). The van der Waals surface area contributed by atoms with E-state index in [1.165, 1.54) is 24.2 Å². The number of carboxylic acid groups (broad SMARTS) is 1. The monoisotopic (exact) mass is 364 g/mol. The molecule has 0 aromatic carbocycles. The summed E-state index contributed by atoms with van der Waals surface area (Å²) < 4.78 is 16.3. The van der Waals surface area contributed by atoms with Gasteiger partial charge in [0, 0.05) is 13.5 Å². The van der Waals surface area contributed by atoms with E-state index in [-0.39, 0.29) is 18.8 Å². The number of carbonyl (C=O) groups is 1. The molecule has 2 N–H and O–H groups in total. The molecule has 1 fully saturated rings. The van der Waals surface area contributed by atoms with Crippen LogP contribution < -0.4 is 0 Å². The normalized spacial score (nSPS) is 17.8. The van der Waals surface area contributed by atoms with Crippen molar-refractivity contribution in [3.8, 4) is 0 Å². The molecule has 0 bridgehead atoms. The molecule has 2 unspecified atom stereocenters. The molecule has 2 atom stereocenters. The Labute approximate surface area is 147 Å². The van der Waals surface area contributed by atoms with Gasteiger partial charge in [0.05, 0.1) is 34.5 Å². The summed E-state index contributed by atoms with van der Waals surface area (Å²) >= 11 is 0. The Bertz CT molecular complexity index is 306. The number of ether oxygens (including phenoxy) is 3. The van der Waals surface area contributed by atoms with Gasteiger partial charge in [-0.25, -0.2) is 0 Å². The molecule has 1 rings (SSSR count). The fraction of sp³-hybridized carbons (Fsp3) is 0.941. The van der Waals surface area contributed by atoms with Crippen LogP contribution in [0.15, 0.2) is 0 Å². The molecule has 0 saturated carbocycles. The van der Waals surface area contributed by atoms with Gasteiger partial charge >= 0.3 is 0 Å². The van der Waals surface area contributed by atoms with Crippen molar-refractivity contribution in [3.63, 3.8) is 0 Å². The Morgan fingerprint density at radius 3 is 2.25 bits per heavy atom. The predicted molar refractivity (Wildman–Crippen MR) is 97.3 cm³/mol. The summed E-state index contributed by atoms with van der Waals surface area (Å²) in [6.07, 6.45) is 1.19. The van der Waals surface area contributed by atoms with Crippen LogP contribution in [0.25, 0.3) is 0 Å². The predicted octanol–water partition coefficient (Wildman–Crippen LogP) is 2.77. The third-order valence-electron chi connectivity index (χ3n) is 4.67. The van der Waals surface area contributed by atoms with E-state index in [1.807, 2.05) is 0 Å². The van der Waals surface area contributed by atoms with Gasteiger partial charge < -0.3 is 24.4 Å². The van der Waals surface area contributed by atoms with Crippen molar-refractivity contribution in [2.75, 3.05) is 33.0 Å². The molecular weight excluding hydrogens is 328 g/mol. The smallest absolute Gasteiger partial charge is 0.300 e. The second-order valence-electron chi connectivity index (χ2n) is 6.35. The lowest BCUT2D eigenvalue weighted by molar-refractivity contribution is -0.134. The van der Waals surface area contributed by atoms with E-state index in [0.717, 1.165) is 26.6 Å². The Hall–Kier alpha value is -0.473. The minimum absolute atomic E-state index is 0.0181. The van der Waals surface area contributed by atoms with Crippen LogP contribution in [0.5, 0.6) is 0 Å². The van der Waals surface area contributed by atoms with Crippen molar-refractivity contribution in [2.45, 2.75) is 70.5 Å². The van der Waals surface area contributed by atoms with Gasteiger partial charge in [-0.1, -0.05) is 44.9 Å². The van der Waals surface area contributed by atoms with E-state index < -0.39 is 14.0 Å². The van der Waals surface area contributed by atoms with E-state index in [0.29, 0.717) is 13.2 Å². The van der Waals surface area contributed by atoms with Gasteiger partial charge in [-0.05, 0) is 6.42 Å². The summed E-state index contributed by atoms with van der Waals surface area (Å²) in [5.74, 6) is -0.833. The highest BCUT2D eigenvalue weighted by molar-refractivity contribution is 6.79. The van der Waals surface area contributed by atoms with E-state index in [2.05, 4.69) is 20.8 Å². The van der Waals surface area contributed by atoms with E-state index in [1.54, 1.807) is 0 Å². The third-order valence-corrected chi connectivity index (χ3v) is 10.6. The molecular formula is C17H36O6Si. The second-order valence-corrected chi connectivity index (χ2v) is 12.0. The van der Waals surface area contributed by atoms with Crippen LogP contribution in [0.1, 0.15) is 34.1 Å². The maximum absolute atomic E-state index is 9.22. The number of hydrogen-bond acceptors (Lipinski definition) is 5. The maximum Gasteiger partial charge on any atom is 0.300 e. The first kappa shape index (κ1) is 23.5. The van der Waals surface area contributed by atoms with E-state index in [4.69, 9.17) is 24.1 Å². The lowest BCUT2D eigenvalue weighted by atomic mass is 10.4. The van der Waals surface area contributed by atoms with Crippen LogP contribution in [0.4, 0.5) is 0 Å². The molecule has 0 amide bonds. The highest BCUT2D eigenvalue weighted by Crippen LogP contribution is 2.26. The van der Waals surface area contributed by atoms with Crippen LogP contribution in [0.3, 0.4) is 0 Å². The molecule has 0 aromatic rings. The molecule has 0 aromatic heterocycles. The van der Waals surface area contributed by atoms with Crippen molar-refractivity contribution in [2.24, 2.45) is 0 Å². The van der Waals surface area contributed by atoms with E-state index in [9.17, 15) is 5.11 Å². The minimum atomic E-state index is -1.00. The Morgan fingerprint density at radius 1 is 1.29 bits per heavy atom. The van der Waals surface area contributed by atoms with Gasteiger partial charge in [0.25, 0.3) is 5.97 Å². The number of rotatable bonds is 13. The first-order valence-corrected chi connectivity index (χ1v) is 11.9. The summed E-state index contributed by atoms with van der Waals surface area (Å²) in [5, 5.41) is 16.6. The topological polar surface area (TPSA) is 88.5 Å². The molecule has 6 nitrogen and oxygen atoms in total. The molecule has 1 aliphatic rings. The lowest BCUT2D eigenvalue weighted by Crippen LogP contribution is -2.31. The van der Waals surface area contributed by atoms with Crippen LogP contribution >= 0.6 is 0 Å². The Balaban J connectivity index is 0.00000118. The largest absolute Gasteiger partial charge is 0.481 e. The summed E-state index contributed by atoms with van der Waals surface area (Å²) in [4.78, 5) is 9.00. The fourth-order valence-corrected chi connectivity index (χ4v) is 6.06. The van der Waals surface area contributed by atoms with Gasteiger partial charge in [0.1, 0.15) is 12.2 Å². The number of aliphatic carboxylic acids is 1. The molecule has 24 heavy (non-hydrogen) atoms. The molecule has 144 valence electrons. The van der Waals surface area contributed by atoms with E-state index >= 15 is 0 Å². The first-order chi connectivity index (χ1) is 11.4. The van der Waals surface area contributed by atoms with Crippen LogP contribution in [-0.4, -0.2) is 69.5 Å². The lowest BCUT2D eigenvalue weighted by Gasteiger charge is -2.28. The second kappa shape index (κ2) is 13.8. The quantitative estimate of drug-likeness (QED) is 0.297. The molecule has 0 spiro atoms. The molecule has 7 heteroatoms. The fourth-order valence-electron chi connectivity index (χ4n) is 2.61. The zero-order valence-corrected chi connectivity index (χ0v) is 16.8. The Morgan fingerprint density at radius 2 is 1.83 bits per heavy atom. The molecule has 1 saturated heterocycles. The van der Waals surface area contributed by atoms with Crippen molar-refractivity contribution >= 4 is 14.0 Å². The summed E-state index contributed by atoms with van der Waals surface area (Å²) in [6.45, 7) is 10.8. The van der Waals surface area contributed by atoms with Gasteiger partial charge in [0.2, 0.25) is 0 Å². The number of hydrogen-bond donors (Lipinski definition) is 2. The maximum atomic E-state index is 9.22. The molecule has 1 aliphatic heterocycles. The molecule has 1 heterocycles. The van der Waals surface area contributed by atoms with Crippen molar-refractivity contribution in [3.05, 3.63) is 0 Å². The number of aliphatic hydroxyl groups is 1. The minimum Gasteiger partial charge on any atom is -0.481 e. The van der Waals surface area contributed by atoms with Gasteiger partial charge in [-0.15, -0.1) is 0 Å². The van der Waals surface area contributed by atoms with Crippen LogP contribution in [0.2, 0.25) is 24.2 Å². The SMILES string of the molecule is CC(=O)O.CC[Si](CC)(CC)CCCOCC(CO)OCC1CO1. The zero-order valence-electron chi connectivity index (χ0n) is 15.8. The van der Waals surface area contributed by atoms with Crippen molar-refractivity contribution in [1.82, 2.24) is 0 Å². The van der Waals surface area contributed by atoms with Crippen molar-refractivity contribution in [1.29, 1.82) is 0 Å². The number of aliphatic hydroxyl groups excluding tert-OH is 1. The number of epoxide rings is 1. The Kier molecular flexibility index (Phi) is 13.5. The first-order valence-electron chi connectivity index (χ1n) is 9.04. The van der Waals surface area contributed by atoms with Crippen molar-refractivity contribution < 1.29 is 29.2 Å². The highest BCUT2D eigenvalue weighted by Gasteiger charge is 2.26. The highest BCUT2D eigenvalue weighted by atomic mass is 28.3. The van der Waals surface area contributed by atoms with Gasteiger partial charge in [0.15, 0.2) is 0 Å². The van der Waals surface area contributed by atoms with Gasteiger partial charge in [-0.3, -0.25) is 4.79 Å². The molecule has 0 radical (unpaired) electrons. The van der Waals surface area contributed by atoms with Gasteiger partial charge in [-0.2, -0.15) is 0 Å². The summed E-state index contributed by atoms with van der Waals surface area (Å²) in [6, 6.07) is 5.49.